The van der Waals surface area contributed by atoms with Crippen LogP contribution in [0.1, 0.15) is 43.1 Å². The molecule has 0 radical (unpaired) electrons. The lowest BCUT2D eigenvalue weighted by atomic mass is 10.1. The van der Waals surface area contributed by atoms with E-state index in [-0.39, 0.29) is 12.6 Å². The molecule has 0 aliphatic carbocycles. The van der Waals surface area contributed by atoms with Gasteiger partial charge in [0, 0.05) is 18.3 Å². The van der Waals surface area contributed by atoms with E-state index in [0.29, 0.717) is 42.0 Å². The Hall–Kier alpha value is -3.29. The SMILES string of the molecule is COc1cccc(OC)c1-n1c(NS(=O)(=O)C(C)C(C)c2ncc(C)cn2)nnc1[C@@H]1COCCO1. The Kier molecular flexibility index (Phi) is 7.71. The highest BCUT2D eigenvalue weighted by Crippen LogP contribution is 2.37. The molecule has 3 heterocycles. The fraction of sp³-hybridized carbons (Fsp3) is 0.478. The molecule has 1 aliphatic heterocycles. The van der Waals surface area contributed by atoms with Gasteiger partial charge >= 0.3 is 0 Å². The van der Waals surface area contributed by atoms with Crippen LogP contribution in [0.15, 0.2) is 30.6 Å². The van der Waals surface area contributed by atoms with Crippen molar-refractivity contribution in [2.75, 3.05) is 38.8 Å². The highest BCUT2D eigenvalue weighted by Gasteiger charge is 2.34. The number of para-hydroxylation sites is 1. The average molecular weight is 519 g/mol. The number of nitrogens with one attached hydrogen (secondary N) is 1. The summed E-state index contributed by atoms with van der Waals surface area (Å²) in [5.41, 5.74) is 1.32. The molecule has 2 unspecified atom stereocenters. The summed E-state index contributed by atoms with van der Waals surface area (Å²) in [6.45, 7) is 6.29. The van der Waals surface area contributed by atoms with E-state index in [1.165, 1.54) is 18.8 Å². The maximum atomic E-state index is 13.5. The molecule has 1 aromatic carbocycles. The summed E-state index contributed by atoms with van der Waals surface area (Å²) in [5.74, 6) is 1.11. The molecule has 194 valence electrons. The van der Waals surface area contributed by atoms with Gasteiger partial charge in [0.2, 0.25) is 16.0 Å². The van der Waals surface area contributed by atoms with Crippen LogP contribution in [-0.2, 0) is 19.5 Å². The lowest BCUT2D eigenvalue weighted by Crippen LogP contribution is -2.32. The molecule has 1 fully saturated rings. The maximum absolute atomic E-state index is 13.5. The van der Waals surface area contributed by atoms with Gasteiger partial charge in [-0.25, -0.2) is 18.4 Å². The minimum Gasteiger partial charge on any atom is -0.494 e. The topological polar surface area (TPSA) is 140 Å². The van der Waals surface area contributed by atoms with Crippen LogP contribution in [0.5, 0.6) is 11.5 Å². The second-order valence-corrected chi connectivity index (χ2v) is 10.5. The van der Waals surface area contributed by atoms with Crippen molar-refractivity contribution >= 4 is 16.0 Å². The molecule has 12 nitrogen and oxygen atoms in total. The lowest BCUT2D eigenvalue weighted by Gasteiger charge is -2.25. The van der Waals surface area contributed by atoms with E-state index >= 15 is 0 Å². The first kappa shape index (κ1) is 25.8. The van der Waals surface area contributed by atoms with E-state index in [1.54, 1.807) is 44.4 Å². The average Bonchev–Trinajstić information content (AvgIpc) is 3.30. The molecule has 36 heavy (non-hydrogen) atoms. The van der Waals surface area contributed by atoms with Gasteiger partial charge in [0.1, 0.15) is 29.1 Å². The zero-order chi connectivity index (χ0) is 25.9. The molecule has 3 aromatic rings. The van der Waals surface area contributed by atoms with Crippen molar-refractivity contribution in [3.05, 3.63) is 47.8 Å². The molecular weight excluding hydrogens is 488 g/mol. The Morgan fingerprint density at radius 1 is 1.08 bits per heavy atom. The highest BCUT2D eigenvalue weighted by atomic mass is 32.2. The summed E-state index contributed by atoms with van der Waals surface area (Å²) in [7, 11) is -0.942. The van der Waals surface area contributed by atoms with E-state index in [1.807, 2.05) is 6.92 Å². The first-order valence-corrected chi connectivity index (χ1v) is 13.0. The fourth-order valence-corrected chi connectivity index (χ4v) is 5.05. The predicted molar refractivity (Wildman–Crippen MR) is 131 cm³/mol. The van der Waals surface area contributed by atoms with Crippen molar-refractivity contribution in [3.8, 4) is 17.2 Å². The molecule has 2 aromatic heterocycles. The Balaban J connectivity index is 1.77. The van der Waals surface area contributed by atoms with Crippen molar-refractivity contribution < 1.29 is 27.4 Å². The van der Waals surface area contributed by atoms with E-state index < -0.39 is 27.3 Å². The summed E-state index contributed by atoms with van der Waals surface area (Å²) < 4.78 is 53.7. The van der Waals surface area contributed by atoms with Gasteiger partial charge in [0.25, 0.3) is 0 Å². The van der Waals surface area contributed by atoms with Crippen LogP contribution >= 0.6 is 0 Å². The minimum atomic E-state index is -3.96. The zero-order valence-corrected chi connectivity index (χ0v) is 21.7. The van der Waals surface area contributed by atoms with E-state index in [4.69, 9.17) is 18.9 Å². The molecule has 1 N–H and O–H groups in total. The lowest BCUT2D eigenvalue weighted by molar-refractivity contribution is -0.0941. The number of ether oxygens (including phenoxy) is 4. The number of aromatic nitrogens is 5. The van der Waals surface area contributed by atoms with Gasteiger partial charge in [0.05, 0.1) is 39.3 Å². The molecule has 0 bridgehead atoms. The molecule has 3 atom stereocenters. The number of nitrogens with zero attached hydrogens (tertiary/aromatic N) is 5. The Morgan fingerprint density at radius 2 is 1.75 bits per heavy atom. The standard InChI is InChI=1S/C23H30N6O6S/c1-14-11-24-21(25-12-14)15(2)16(3)36(30,31)28-23-27-26-22(19-13-34-9-10-35-19)29(23)20-17(32-4)7-6-8-18(20)33-5/h6-8,11-12,15-16,19H,9-10,13H2,1-5H3,(H,27,28)/t15?,16?,19-/m0/s1. The number of hydrogen-bond donors (Lipinski definition) is 1. The van der Waals surface area contributed by atoms with Crippen molar-refractivity contribution in [3.63, 3.8) is 0 Å². The number of benzene rings is 1. The Morgan fingerprint density at radius 3 is 2.33 bits per heavy atom. The predicted octanol–water partition coefficient (Wildman–Crippen LogP) is 2.40. The molecule has 0 spiro atoms. The van der Waals surface area contributed by atoms with Crippen molar-refractivity contribution in [1.82, 2.24) is 24.7 Å². The number of rotatable bonds is 9. The van der Waals surface area contributed by atoms with Gasteiger partial charge in [-0.15, -0.1) is 10.2 Å². The fourth-order valence-electron chi connectivity index (χ4n) is 3.82. The smallest absolute Gasteiger partial charge is 0.243 e. The van der Waals surface area contributed by atoms with Gasteiger partial charge in [-0.3, -0.25) is 9.29 Å². The third-order valence-corrected chi connectivity index (χ3v) is 7.91. The van der Waals surface area contributed by atoms with Gasteiger partial charge in [0.15, 0.2) is 5.82 Å². The van der Waals surface area contributed by atoms with Crippen LogP contribution in [0, 0.1) is 6.92 Å². The molecule has 1 saturated heterocycles. The number of aryl methyl sites for hydroxylation is 1. The van der Waals surface area contributed by atoms with Crippen LogP contribution in [-0.4, -0.2) is 72.4 Å². The number of sulfonamides is 1. The summed E-state index contributed by atoms with van der Waals surface area (Å²) in [6.07, 6.45) is 2.75. The van der Waals surface area contributed by atoms with Crippen molar-refractivity contribution in [2.45, 2.75) is 38.0 Å². The number of methoxy groups -OCH3 is 2. The second-order valence-electron chi connectivity index (χ2n) is 8.42. The first-order valence-electron chi connectivity index (χ1n) is 11.4. The third-order valence-electron chi connectivity index (χ3n) is 6.05. The van der Waals surface area contributed by atoms with Crippen LogP contribution < -0.4 is 14.2 Å². The Bertz CT molecular complexity index is 1270. The van der Waals surface area contributed by atoms with E-state index in [2.05, 4.69) is 24.9 Å². The molecule has 0 amide bonds. The minimum absolute atomic E-state index is 0.0363. The summed E-state index contributed by atoms with van der Waals surface area (Å²) in [6, 6.07) is 5.23. The van der Waals surface area contributed by atoms with Crippen LogP contribution in [0.25, 0.3) is 5.69 Å². The monoisotopic (exact) mass is 518 g/mol. The van der Waals surface area contributed by atoms with E-state index in [9.17, 15) is 8.42 Å². The Labute approximate surface area is 210 Å². The highest BCUT2D eigenvalue weighted by molar-refractivity contribution is 7.93. The van der Waals surface area contributed by atoms with Gasteiger partial charge in [-0.2, -0.15) is 0 Å². The quantitative estimate of drug-likeness (QED) is 0.449. The first-order chi connectivity index (χ1) is 17.3. The van der Waals surface area contributed by atoms with Crippen molar-refractivity contribution in [2.24, 2.45) is 0 Å². The molecular formula is C23H30N6O6S. The van der Waals surface area contributed by atoms with Crippen LogP contribution in [0.4, 0.5) is 5.95 Å². The van der Waals surface area contributed by atoms with Gasteiger partial charge in [-0.1, -0.05) is 13.0 Å². The van der Waals surface area contributed by atoms with Gasteiger partial charge < -0.3 is 18.9 Å². The second kappa shape index (κ2) is 10.8. The maximum Gasteiger partial charge on any atom is 0.243 e. The largest absolute Gasteiger partial charge is 0.494 e. The molecule has 4 rings (SSSR count). The van der Waals surface area contributed by atoms with Crippen LogP contribution in [0.2, 0.25) is 0 Å². The normalized spacial score (nSPS) is 17.9. The number of anilines is 1. The summed E-state index contributed by atoms with van der Waals surface area (Å²) >= 11 is 0. The summed E-state index contributed by atoms with van der Waals surface area (Å²) in [5, 5.41) is 7.56. The molecule has 0 saturated carbocycles. The molecule has 13 heteroatoms. The zero-order valence-electron chi connectivity index (χ0n) is 20.8. The van der Waals surface area contributed by atoms with Crippen molar-refractivity contribution in [1.29, 1.82) is 0 Å². The van der Waals surface area contributed by atoms with Crippen LogP contribution in [0.3, 0.4) is 0 Å². The number of hydrogen-bond acceptors (Lipinski definition) is 10. The van der Waals surface area contributed by atoms with E-state index in [0.717, 1.165) is 5.56 Å². The summed E-state index contributed by atoms with van der Waals surface area (Å²) in [4.78, 5) is 8.59. The van der Waals surface area contributed by atoms with Gasteiger partial charge in [-0.05, 0) is 31.5 Å². The third kappa shape index (κ3) is 5.13. The molecule has 1 aliphatic rings.